The van der Waals surface area contributed by atoms with E-state index in [0.717, 1.165) is 42.9 Å². The number of aromatic amines is 1. The van der Waals surface area contributed by atoms with Crippen molar-refractivity contribution in [3.63, 3.8) is 0 Å². The number of ether oxygens (including phenoxy) is 1. The number of aryl methyl sites for hydroxylation is 2. The zero-order valence-electron chi connectivity index (χ0n) is 16.6. The first kappa shape index (κ1) is 19.8. The molecule has 0 aliphatic carbocycles. The van der Waals surface area contributed by atoms with Gasteiger partial charge in [-0.15, -0.1) is 0 Å². The third-order valence-electron chi connectivity index (χ3n) is 5.85. The van der Waals surface area contributed by atoms with Gasteiger partial charge in [0.1, 0.15) is 5.82 Å². The number of nitrogens with one attached hydrogen (secondary N) is 1. The highest BCUT2D eigenvalue weighted by molar-refractivity contribution is 7.86. The first-order valence-electron chi connectivity index (χ1n) is 9.95. The Morgan fingerprint density at radius 1 is 1.04 bits per heavy atom. The number of hydrogen-bond donors (Lipinski definition) is 1. The maximum absolute atomic E-state index is 12.7. The average Bonchev–Trinajstić information content (AvgIpc) is 3.14. The van der Waals surface area contributed by atoms with E-state index in [9.17, 15) is 8.42 Å². The maximum Gasteiger partial charge on any atom is 0.282 e. The smallest absolute Gasteiger partial charge is 0.282 e. The van der Waals surface area contributed by atoms with E-state index in [4.69, 9.17) is 9.72 Å². The minimum atomic E-state index is -3.36. The van der Waals surface area contributed by atoms with Crippen molar-refractivity contribution in [1.82, 2.24) is 23.5 Å². The molecule has 0 radical (unpaired) electrons. The fourth-order valence-corrected chi connectivity index (χ4v) is 5.43. The molecule has 2 fully saturated rings. The molecule has 0 spiro atoms. The molecule has 8 nitrogen and oxygen atoms in total. The first-order valence-corrected chi connectivity index (χ1v) is 11.3. The standard InChI is InChI=1S/C19H29N5O3S/c1-15-3-4-17-19(16(15)2)21-18(20-17)5-6-22-7-9-23(10-8-22)28(25,26)24-11-13-27-14-12-24/h3-4H,5-14H2,1-2H3,(H,20,21). The Morgan fingerprint density at radius 2 is 1.71 bits per heavy atom. The lowest BCUT2D eigenvalue weighted by Gasteiger charge is -2.37. The number of nitrogens with zero attached hydrogens (tertiary/aromatic N) is 4. The van der Waals surface area contributed by atoms with Crippen molar-refractivity contribution in [3.8, 4) is 0 Å². The van der Waals surface area contributed by atoms with E-state index in [1.807, 2.05) is 0 Å². The van der Waals surface area contributed by atoms with Crippen molar-refractivity contribution < 1.29 is 13.2 Å². The van der Waals surface area contributed by atoms with Crippen LogP contribution >= 0.6 is 0 Å². The monoisotopic (exact) mass is 407 g/mol. The highest BCUT2D eigenvalue weighted by atomic mass is 32.2. The van der Waals surface area contributed by atoms with Crippen LogP contribution in [0, 0.1) is 13.8 Å². The summed E-state index contributed by atoms with van der Waals surface area (Å²) in [6.45, 7) is 9.54. The molecule has 0 atom stereocenters. The predicted molar refractivity (Wildman–Crippen MR) is 109 cm³/mol. The Kier molecular flexibility index (Phi) is 5.71. The zero-order chi connectivity index (χ0) is 19.7. The molecule has 2 saturated heterocycles. The third-order valence-corrected chi connectivity index (χ3v) is 7.88. The molecule has 28 heavy (non-hydrogen) atoms. The molecular formula is C19H29N5O3S. The zero-order valence-corrected chi connectivity index (χ0v) is 17.5. The summed E-state index contributed by atoms with van der Waals surface area (Å²) >= 11 is 0. The van der Waals surface area contributed by atoms with Crippen LogP contribution in [0.4, 0.5) is 0 Å². The molecule has 2 aliphatic heterocycles. The molecule has 0 bridgehead atoms. The number of H-pyrrole nitrogens is 1. The molecule has 9 heteroatoms. The predicted octanol–water partition coefficient (Wildman–Crippen LogP) is 0.917. The first-order chi connectivity index (χ1) is 13.4. The van der Waals surface area contributed by atoms with Gasteiger partial charge in [-0.05, 0) is 31.0 Å². The van der Waals surface area contributed by atoms with E-state index in [2.05, 4.69) is 35.9 Å². The second kappa shape index (κ2) is 8.08. The molecule has 2 aliphatic rings. The topological polar surface area (TPSA) is 81.8 Å². The Balaban J connectivity index is 1.32. The van der Waals surface area contributed by atoms with Crippen LogP contribution in [-0.4, -0.2) is 90.9 Å². The fourth-order valence-electron chi connectivity index (χ4n) is 3.87. The van der Waals surface area contributed by atoms with Crippen molar-refractivity contribution in [2.45, 2.75) is 20.3 Å². The Morgan fingerprint density at radius 3 is 2.43 bits per heavy atom. The Bertz CT molecular complexity index is 928. The van der Waals surface area contributed by atoms with Gasteiger partial charge in [0.25, 0.3) is 10.2 Å². The minimum Gasteiger partial charge on any atom is -0.379 e. The van der Waals surface area contributed by atoms with Gasteiger partial charge >= 0.3 is 0 Å². The number of aromatic nitrogens is 2. The number of morpholine rings is 1. The summed E-state index contributed by atoms with van der Waals surface area (Å²) in [4.78, 5) is 10.5. The van der Waals surface area contributed by atoms with Crippen LogP contribution in [0.15, 0.2) is 12.1 Å². The number of hydrogen-bond acceptors (Lipinski definition) is 5. The lowest BCUT2D eigenvalue weighted by Crippen LogP contribution is -2.55. The number of fused-ring (bicyclic) bond motifs is 1. The van der Waals surface area contributed by atoms with Gasteiger partial charge in [-0.25, -0.2) is 4.98 Å². The molecule has 3 heterocycles. The SMILES string of the molecule is Cc1ccc2[nH]c(CCN3CCN(S(=O)(=O)N4CCOCC4)CC3)nc2c1C. The highest BCUT2D eigenvalue weighted by Gasteiger charge is 2.33. The molecule has 0 saturated carbocycles. The second-order valence-corrected chi connectivity index (χ2v) is 9.53. The lowest BCUT2D eigenvalue weighted by molar-refractivity contribution is 0.0685. The Labute approximate surface area is 166 Å². The van der Waals surface area contributed by atoms with Crippen LogP contribution in [0.25, 0.3) is 11.0 Å². The normalized spacial score (nSPS) is 20.8. The van der Waals surface area contributed by atoms with Crippen LogP contribution < -0.4 is 0 Å². The van der Waals surface area contributed by atoms with Crippen LogP contribution in [0.5, 0.6) is 0 Å². The molecular weight excluding hydrogens is 378 g/mol. The van der Waals surface area contributed by atoms with Crippen LogP contribution in [0.2, 0.25) is 0 Å². The molecule has 0 amide bonds. The number of piperazine rings is 1. The van der Waals surface area contributed by atoms with Gasteiger partial charge in [0, 0.05) is 52.2 Å². The summed E-state index contributed by atoms with van der Waals surface area (Å²) in [6, 6.07) is 4.21. The Hall–Kier alpha value is -1.52. The van der Waals surface area contributed by atoms with E-state index < -0.39 is 10.2 Å². The summed E-state index contributed by atoms with van der Waals surface area (Å²) in [6.07, 6.45) is 0.837. The molecule has 1 aromatic carbocycles. The van der Waals surface area contributed by atoms with E-state index in [1.54, 1.807) is 8.61 Å². The number of imidazole rings is 1. The van der Waals surface area contributed by atoms with Crippen molar-refractivity contribution in [2.24, 2.45) is 0 Å². The largest absolute Gasteiger partial charge is 0.379 e. The molecule has 2 aromatic rings. The van der Waals surface area contributed by atoms with Crippen LogP contribution in [0.1, 0.15) is 17.0 Å². The van der Waals surface area contributed by atoms with Gasteiger partial charge in [0.05, 0.1) is 24.2 Å². The summed E-state index contributed by atoms with van der Waals surface area (Å²) in [5, 5.41) is 0. The van der Waals surface area contributed by atoms with Gasteiger partial charge in [0.15, 0.2) is 0 Å². The summed E-state index contributed by atoms with van der Waals surface area (Å²) in [7, 11) is -3.36. The second-order valence-electron chi connectivity index (χ2n) is 7.60. The van der Waals surface area contributed by atoms with Crippen LogP contribution in [-0.2, 0) is 21.4 Å². The maximum atomic E-state index is 12.7. The highest BCUT2D eigenvalue weighted by Crippen LogP contribution is 2.20. The average molecular weight is 408 g/mol. The van der Waals surface area contributed by atoms with E-state index >= 15 is 0 Å². The molecule has 154 valence electrons. The molecule has 1 N–H and O–H groups in total. The summed E-state index contributed by atoms with van der Waals surface area (Å²) < 4.78 is 33.9. The number of benzene rings is 1. The van der Waals surface area contributed by atoms with Crippen LogP contribution in [0.3, 0.4) is 0 Å². The summed E-state index contributed by atoms with van der Waals surface area (Å²) in [5.41, 5.74) is 4.61. The van der Waals surface area contributed by atoms with Gasteiger partial charge in [-0.2, -0.15) is 17.0 Å². The quantitative estimate of drug-likeness (QED) is 0.797. The fraction of sp³-hybridized carbons (Fsp3) is 0.632. The van der Waals surface area contributed by atoms with Gasteiger partial charge in [0.2, 0.25) is 0 Å². The minimum absolute atomic E-state index is 0.452. The number of rotatable bonds is 5. The third kappa shape index (κ3) is 3.95. The van der Waals surface area contributed by atoms with Crippen molar-refractivity contribution in [2.75, 3.05) is 59.0 Å². The molecule has 1 aromatic heterocycles. The molecule has 0 unspecified atom stereocenters. The lowest BCUT2D eigenvalue weighted by atomic mass is 10.1. The van der Waals surface area contributed by atoms with Gasteiger partial charge in [-0.1, -0.05) is 6.07 Å². The van der Waals surface area contributed by atoms with Gasteiger partial charge in [-0.3, -0.25) is 0 Å². The van der Waals surface area contributed by atoms with E-state index in [0.29, 0.717) is 39.4 Å². The molecule has 4 rings (SSSR count). The van der Waals surface area contributed by atoms with Crippen molar-refractivity contribution >= 4 is 21.2 Å². The van der Waals surface area contributed by atoms with E-state index in [1.165, 1.54) is 11.1 Å². The van der Waals surface area contributed by atoms with Crippen molar-refractivity contribution in [1.29, 1.82) is 0 Å². The van der Waals surface area contributed by atoms with Crippen molar-refractivity contribution in [3.05, 3.63) is 29.1 Å². The van der Waals surface area contributed by atoms with Gasteiger partial charge < -0.3 is 14.6 Å². The summed E-state index contributed by atoms with van der Waals surface area (Å²) in [5.74, 6) is 0.993. The van der Waals surface area contributed by atoms with E-state index in [-0.39, 0.29) is 0 Å².